The molecule has 0 aliphatic heterocycles. The van der Waals surface area contributed by atoms with Gasteiger partial charge in [-0.25, -0.2) is 4.39 Å². The third kappa shape index (κ3) is 2.38. The summed E-state index contributed by atoms with van der Waals surface area (Å²) in [5.74, 6) is -0.303. The maximum Gasteiger partial charge on any atom is 0.125 e. The summed E-state index contributed by atoms with van der Waals surface area (Å²) in [6.07, 6.45) is 2.30. The van der Waals surface area contributed by atoms with Gasteiger partial charge in [-0.1, -0.05) is 29.8 Å². The smallest absolute Gasteiger partial charge is 0.125 e. The van der Waals surface area contributed by atoms with E-state index in [1.54, 1.807) is 6.07 Å². The standard InChI is InChI=1S/C16H15ClFN/c1-19-16(5-6-16)13-4-2-3-11(7-13)12-8-14(17)10-15(18)9-12/h2-4,7-10,19H,5-6H2,1H3. The molecule has 0 radical (unpaired) electrons. The third-order valence-corrected chi connectivity index (χ3v) is 4.06. The van der Waals surface area contributed by atoms with Gasteiger partial charge in [-0.15, -0.1) is 0 Å². The predicted octanol–water partition coefficient (Wildman–Crippen LogP) is 4.35. The average Bonchev–Trinajstić information content (AvgIpc) is 3.19. The van der Waals surface area contributed by atoms with Gasteiger partial charge in [-0.3, -0.25) is 0 Å². The molecule has 0 spiro atoms. The van der Waals surface area contributed by atoms with Gasteiger partial charge >= 0.3 is 0 Å². The van der Waals surface area contributed by atoms with Crippen LogP contribution in [0.4, 0.5) is 4.39 Å². The van der Waals surface area contributed by atoms with Gasteiger partial charge in [0.05, 0.1) is 0 Å². The molecule has 3 heteroatoms. The minimum absolute atomic E-state index is 0.118. The lowest BCUT2D eigenvalue weighted by atomic mass is 9.98. The maximum absolute atomic E-state index is 13.4. The van der Waals surface area contributed by atoms with E-state index in [1.807, 2.05) is 19.2 Å². The van der Waals surface area contributed by atoms with Crippen LogP contribution in [0.25, 0.3) is 11.1 Å². The van der Waals surface area contributed by atoms with Crippen LogP contribution < -0.4 is 5.32 Å². The molecule has 0 amide bonds. The van der Waals surface area contributed by atoms with Crippen LogP contribution in [0.15, 0.2) is 42.5 Å². The largest absolute Gasteiger partial charge is 0.310 e. The summed E-state index contributed by atoms with van der Waals surface area (Å²) in [6.45, 7) is 0. The van der Waals surface area contributed by atoms with Crippen molar-refractivity contribution in [2.45, 2.75) is 18.4 Å². The summed E-state index contributed by atoms with van der Waals surface area (Å²) < 4.78 is 13.4. The Morgan fingerprint density at radius 2 is 1.89 bits per heavy atom. The Morgan fingerprint density at radius 1 is 1.11 bits per heavy atom. The predicted molar refractivity (Wildman–Crippen MR) is 76.8 cm³/mol. The first-order valence-electron chi connectivity index (χ1n) is 6.39. The normalized spacial score (nSPS) is 16.4. The minimum atomic E-state index is -0.303. The lowest BCUT2D eigenvalue weighted by Gasteiger charge is -2.15. The van der Waals surface area contributed by atoms with E-state index in [2.05, 4.69) is 17.4 Å². The molecule has 1 fully saturated rings. The molecule has 19 heavy (non-hydrogen) atoms. The number of nitrogens with one attached hydrogen (secondary N) is 1. The van der Waals surface area contributed by atoms with Crippen LogP contribution in [0.5, 0.6) is 0 Å². The van der Waals surface area contributed by atoms with Gasteiger partial charge in [0.15, 0.2) is 0 Å². The van der Waals surface area contributed by atoms with E-state index < -0.39 is 0 Å². The van der Waals surface area contributed by atoms with Crippen molar-refractivity contribution in [3.63, 3.8) is 0 Å². The second kappa shape index (κ2) is 4.62. The zero-order valence-electron chi connectivity index (χ0n) is 10.7. The second-order valence-electron chi connectivity index (χ2n) is 5.07. The van der Waals surface area contributed by atoms with Crippen LogP contribution in [0.1, 0.15) is 18.4 Å². The summed E-state index contributed by atoms with van der Waals surface area (Å²) in [7, 11) is 1.98. The SMILES string of the molecule is CNC1(c2cccc(-c3cc(F)cc(Cl)c3)c2)CC1. The highest BCUT2D eigenvalue weighted by Crippen LogP contribution is 2.45. The van der Waals surface area contributed by atoms with E-state index in [-0.39, 0.29) is 11.4 Å². The third-order valence-electron chi connectivity index (χ3n) is 3.84. The lowest BCUT2D eigenvalue weighted by Crippen LogP contribution is -2.24. The molecule has 0 heterocycles. The fourth-order valence-corrected chi connectivity index (χ4v) is 2.75. The molecule has 1 nitrogen and oxygen atoms in total. The molecule has 1 N–H and O–H groups in total. The Bertz CT molecular complexity index is 600. The van der Waals surface area contributed by atoms with Gasteiger partial charge in [0.2, 0.25) is 0 Å². The van der Waals surface area contributed by atoms with Crippen molar-refractivity contribution in [3.8, 4) is 11.1 Å². The van der Waals surface area contributed by atoms with Crippen molar-refractivity contribution in [2.24, 2.45) is 0 Å². The molecule has 1 aliphatic rings. The van der Waals surface area contributed by atoms with E-state index in [0.717, 1.165) is 24.0 Å². The maximum atomic E-state index is 13.4. The molecule has 2 aromatic rings. The molecule has 0 aromatic heterocycles. The van der Waals surface area contributed by atoms with E-state index in [0.29, 0.717) is 5.02 Å². The summed E-state index contributed by atoms with van der Waals surface area (Å²) in [4.78, 5) is 0. The second-order valence-corrected chi connectivity index (χ2v) is 5.51. The molecule has 1 aliphatic carbocycles. The van der Waals surface area contributed by atoms with Gasteiger partial charge < -0.3 is 5.32 Å². The summed E-state index contributed by atoms with van der Waals surface area (Å²) in [5, 5.41) is 3.80. The molecular weight excluding hydrogens is 261 g/mol. The first-order chi connectivity index (χ1) is 9.13. The fourth-order valence-electron chi connectivity index (χ4n) is 2.52. The Kier molecular flexibility index (Phi) is 3.08. The van der Waals surface area contributed by atoms with Gasteiger partial charge in [-0.2, -0.15) is 0 Å². The quantitative estimate of drug-likeness (QED) is 0.878. The topological polar surface area (TPSA) is 12.0 Å². The summed E-state index contributed by atoms with van der Waals surface area (Å²) in [6, 6.07) is 12.9. The summed E-state index contributed by atoms with van der Waals surface area (Å²) >= 11 is 5.92. The Hall–Kier alpha value is -1.38. The molecule has 0 atom stereocenters. The van der Waals surface area contributed by atoms with E-state index in [9.17, 15) is 4.39 Å². The van der Waals surface area contributed by atoms with E-state index in [4.69, 9.17) is 11.6 Å². The van der Waals surface area contributed by atoms with Crippen molar-refractivity contribution < 1.29 is 4.39 Å². The highest BCUT2D eigenvalue weighted by atomic mass is 35.5. The Balaban J connectivity index is 2.04. The molecule has 0 bridgehead atoms. The highest BCUT2D eigenvalue weighted by Gasteiger charge is 2.42. The monoisotopic (exact) mass is 275 g/mol. The number of halogens is 2. The van der Waals surface area contributed by atoms with Crippen LogP contribution in [0.3, 0.4) is 0 Å². The van der Waals surface area contributed by atoms with Crippen molar-refractivity contribution in [1.29, 1.82) is 0 Å². The van der Waals surface area contributed by atoms with E-state index in [1.165, 1.54) is 17.7 Å². The van der Waals surface area contributed by atoms with Gasteiger partial charge in [0.25, 0.3) is 0 Å². The van der Waals surface area contributed by atoms with Crippen LogP contribution >= 0.6 is 11.6 Å². The fraction of sp³-hybridized carbons (Fsp3) is 0.250. The van der Waals surface area contributed by atoms with Crippen molar-refractivity contribution in [2.75, 3.05) is 7.05 Å². The number of rotatable bonds is 3. The van der Waals surface area contributed by atoms with Crippen molar-refractivity contribution in [1.82, 2.24) is 5.32 Å². The molecule has 0 unspecified atom stereocenters. The highest BCUT2D eigenvalue weighted by molar-refractivity contribution is 6.30. The molecular formula is C16H15ClFN. The van der Waals surface area contributed by atoms with Crippen molar-refractivity contribution in [3.05, 3.63) is 58.9 Å². The van der Waals surface area contributed by atoms with Gasteiger partial charge in [0, 0.05) is 10.6 Å². The molecule has 0 saturated heterocycles. The summed E-state index contributed by atoms with van der Waals surface area (Å²) in [5.41, 5.74) is 3.19. The number of benzene rings is 2. The van der Waals surface area contributed by atoms with Gasteiger partial charge in [-0.05, 0) is 60.8 Å². The molecule has 1 saturated carbocycles. The Labute approximate surface area is 117 Å². The van der Waals surface area contributed by atoms with Crippen molar-refractivity contribution >= 4 is 11.6 Å². The zero-order valence-corrected chi connectivity index (χ0v) is 11.5. The minimum Gasteiger partial charge on any atom is -0.310 e. The Morgan fingerprint density at radius 3 is 2.53 bits per heavy atom. The first-order valence-corrected chi connectivity index (χ1v) is 6.77. The van der Waals surface area contributed by atoms with Crippen LogP contribution in [0.2, 0.25) is 5.02 Å². The van der Waals surface area contributed by atoms with Crippen LogP contribution in [-0.4, -0.2) is 7.05 Å². The number of hydrogen-bond donors (Lipinski definition) is 1. The van der Waals surface area contributed by atoms with Crippen LogP contribution in [0, 0.1) is 5.82 Å². The van der Waals surface area contributed by atoms with E-state index >= 15 is 0 Å². The molecule has 2 aromatic carbocycles. The average molecular weight is 276 g/mol. The first kappa shape index (κ1) is 12.6. The zero-order chi connectivity index (χ0) is 13.5. The molecule has 3 rings (SSSR count). The lowest BCUT2D eigenvalue weighted by molar-refractivity contribution is 0.586. The molecule has 98 valence electrons. The van der Waals surface area contributed by atoms with Gasteiger partial charge in [0.1, 0.15) is 5.82 Å². The van der Waals surface area contributed by atoms with Crippen LogP contribution in [-0.2, 0) is 5.54 Å². The number of hydrogen-bond acceptors (Lipinski definition) is 1.